The van der Waals surface area contributed by atoms with Gasteiger partial charge < -0.3 is 15.0 Å². The number of esters is 1. The van der Waals surface area contributed by atoms with Gasteiger partial charge >= 0.3 is 5.97 Å². The number of hydrogen-bond donors (Lipinski definition) is 1. The van der Waals surface area contributed by atoms with Crippen LogP contribution in [0.2, 0.25) is 0 Å². The molecule has 0 saturated carbocycles. The molecule has 1 unspecified atom stereocenters. The molecular weight excluding hydrogens is 292 g/mol. The van der Waals surface area contributed by atoms with E-state index in [1.54, 1.807) is 13.2 Å². The number of hydrogen-bond acceptors (Lipinski definition) is 4. The summed E-state index contributed by atoms with van der Waals surface area (Å²) in [5.74, 6) is 0.700. The van der Waals surface area contributed by atoms with Crippen LogP contribution in [-0.2, 0) is 16.0 Å². The number of piperidine rings is 1. The van der Waals surface area contributed by atoms with E-state index >= 15 is 0 Å². The van der Waals surface area contributed by atoms with Crippen molar-refractivity contribution in [3.63, 3.8) is 0 Å². The molecule has 1 aliphatic heterocycles. The van der Waals surface area contributed by atoms with Gasteiger partial charge in [0.1, 0.15) is 0 Å². The fourth-order valence-corrected chi connectivity index (χ4v) is 2.82. The molecule has 0 spiro atoms. The molecule has 0 aromatic carbocycles. The summed E-state index contributed by atoms with van der Waals surface area (Å²) in [6, 6.07) is 4.01. The Bertz CT molecular complexity index is 519. The second-order valence-corrected chi connectivity index (χ2v) is 5.62. The van der Waals surface area contributed by atoms with E-state index in [1.165, 1.54) is 5.56 Å². The molecule has 1 atom stereocenters. The average molecular weight is 318 g/mol. The topological polar surface area (TPSA) is 66.8 Å². The largest absolute Gasteiger partial charge is 0.466 e. The third-order valence-corrected chi connectivity index (χ3v) is 3.97. The quantitative estimate of drug-likeness (QED) is 0.506. The van der Waals surface area contributed by atoms with Crippen molar-refractivity contribution >= 4 is 11.9 Å². The molecule has 1 N–H and O–H groups in total. The molecule has 1 aromatic rings. The second-order valence-electron chi connectivity index (χ2n) is 5.62. The van der Waals surface area contributed by atoms with Gasteiger partial charge in [0.2, 0.25) is 0 Å². The fourth-order valence-electron chi connectivity index (χ4n) is 2.82. The summed E-state index contributed by atoms with van der Waals surface area (Å²) in [4.78, 5) is 22.6. The maximum absolute atomic E-state index is 11.9. The Kier molecular flexibility index (Phi) is 6.84. The Morgan fingerprint density at radius 3 is 3.13 bits per heavy atom. The molecule has 23 heavy (non-hydrogen) atoms. The lowest BCUT2D eigenvalue weighted by Crippen LogP contribution is -2.48. The molecular formula is C17H26N4O2. The highest BCUT2D eigenvalue weighted by Crippen LogP contribution is 2.18. The Morgan fingerprint density at radius 2 is 2.43 bits per heavy atom. The number of ether oxygens (including phenoxy) is 1. The molecule has 6 heteroatoms. The third kappa shape index (κ3) is 5.23. The second kappa shape index (κ2) is 9.12. The van der Waals surface area contributed by atoms with Gasteiger partial charge in [0.25, 0.3) is 0 Å². The molecule has 1 aromatic heterocycles. The van der Waals surface area contributed by atoms with Gasteiger partial charge in [-0.05, 0) is 37.8 Å². The Labute approximate surface area is 138 Å². The van der Waals surface area contributed by atoms with Gasteiger partial charge in [0, 0.05) is 39.1 Å². The molecule has 0 amide bonds. The Hall–Kier alpha value is -2.11. The highest BCUT2D eigenvalue weighted by molar-refractivity contribution is 5.81. The zero-order valence-corrected chi connectivity index (χ0v) is 14.0. The Morgan fingerprint density at radius 1 is 1.57 bits per heavy atom. The van der Waals surface area contributed by atoms with E-state index in [4.69, 9.17) is 4.74 Å². The predicted molar refractivity (Wildman–Crippen MR) is 90.2 cm³/mol. The van der Waals surface area contributed by atoms with Crippen LogP contribution in [0.1, 0.15) is 25.3 Å². The molecule has 0 aliphatic carbocycles. The van der Waals surface area contributed by atoms with E-state index in [0.29, 0.717) is 13.2 Å². The first-order valence-corrected chi connectivity index (χ1v) is 8.25. The molecule has 0 radical (unpaired) electrons. The van der Waals surface area contributed by atoms with Crippen LogP contribution in [0.4, 0.5) is 0 Å². The van der Waals surface area contributed by atoms with Crippen molar-refractivity contribution in [1.29, 1.82) is 0 Å². The molecule has 2 heterocycles. The maximum atomic E-state index is 11.9. The van der Waals surface area contributed by atoms with Crippen LogP contribution in [0.5, 0.6) is 0 Å². The summed E-state index contributed by atoms with van der Waals surface area (Å²) in [6.45, 7) is 4.66. The lowest BCUT2D eigenvalue weighted by atomic mass is 9.98. The predicted octanol–water partition coefficient (Wildman–Crippen LogP) is 1.47. The number of pyridine rings is 1. The zero-order valence-electron chi connectivity index (χ0n) is 14.0. The maximum Gasteiger partial charge on any atom is 0.310 e. The average Bonchev–Trinajstić information content (AvgIpc) is 2.60. The van der Waals surface area contributed by atoms with Crippen molar-refractivity contribution in [2.75, 3.05) is 33.3 Å². The molecule has 6 nitrogen and oxygen atoms in total. The van der Waals surface area contributed by atoms with Crippen molar-refractivity contribution in [3.8, 4) is 0 Å². The van der Waals surface area contributed by atoms with Crippen LogP contribution in [0.25, 0.3) is 0 Å². The van der Waals surface area contributed by atoms with Gasteiger partial charge in [-0.3, -0.25) is 14.8 Å². The third-order valence-electron chi connectivity index (χ3n) is 3.97. The van der Waals surface area contributed by atoms with Crippen molar-refractivity contribution in [2.45, 2.75) is 26.2 Å². The standard InChI is InChI=1S/C17H26N4O2/c1-3-23-16(22)15-7-5-11-21(13-15)17(18-2)20-10-8-14-6-4-9-19-12-14/h4,6,9,12,15H,3,5,7-8,10-11,13H2,1-2H3,(H,18,20). The highest BCUT2D eigenvalue weighted by Gasteiger charge is 2.28. The van der Waals surface area contributed by atoms with Gasteiger partial charge in [0.15, 0.2) is 5.96 Å². The lowest BCUT2D eigenvalue weighted by molar-refractivity contribution is -0.149. The fraction of sp³-hybridized carbons (Fsp3) is 0.588. The minimum Gasteiger partial charge on any atom is -0.466 e. The molecule has 1 fully saturated rings. The molecule has 2 rings (SSSR count). The van der Waals surface area contributed by atoms with E-state index < -0.39 is 0 Å². The van der Waals surface area contributed by atoms with Gasteiger partial charge in [-0.2, -0.15) is 0 Å². The monoisotopic (exact) mass is 318 g/mol. The van der Waals surface area contributed by atoms with Crippen LogP contribution in [0, 0.1) is 5.92 Å². The SMILES string of the molecule is CCOC(=O)C1CCCN(C(=NC)NCCc2cccnc2)C1. The summed E-state index contributed by atoms with van der Waals surface area (Å²) < 4.78 is 5.15. The van der Waals surface area contributed by atoms with E-state index in [-0.39, 0.29) is 11.9 Å². The smallest absolute Gasteiger partial charge is 0.310 e. The van der Waals surface area contributed by atoms with Crippen molar-refractivity contribution in [3.05, 3.63) is 30.1 Å². The van der Waals surface area contributed by atoms with Gasteiger partial charge in [-0.1, -0.05) is 6.07 Å². The van der Waals surface area contributed by atoms with Crippen LogP contribution >= 0.6 is 0 Å². The molecule has 1 saturated heterocycles. The summed E-state index contributed by atoms with van der Waals surface area (Å²) in [6.07, 6.45) is 6.41. The zero-order chi connectivity index (χ0) is 16.5. The number of carbonyl (C=O) groups excluding carboxylic acids is 1. The number of likely N-dealkylation sites (tertiary alicyclic amines) is 1. The molecule has 0 bridgehead atoms. The van der Waals surface area contributed by atoms with Crippen LogP contribution < -0.4 is 5.32 Å². The number of aliphatic imine (C=N–C) groups is 1. The van der Waals surface area contributed by atoms with E-state index in [0.717, 1.165) is 38.3 Å². The minimum absolute atomic E-state index is 0.0550. The van der Waals surface area contributed by atoms with Crippen molar-refractivity contribution < 1.29 is 9.53 Å². The van der Waals surface area contributed by atoms with E-state index in [2.05, 4.69) is 26.3 Å². The number of nitrogens with one attached hydrogen (secondary N) is 1. The first-order chi connectivity index (χ1) is 11.2. The molecule has 126 valence electrons. The lowest BCUT2D eigenvalue weighted by Gasteiger charge is -2.33. The number of carbonyl (C=O) groups is 1. The number of rotatable bonds is 5. The summed E-state index contributed by atoms with van der Waals surface area (Å²) in [7, 11) is 1.78. The van der Waals surface area contributed by atoms with Gasteiger partial charge in [0.05, 0.1) is 12.5 Å². The number of nitrogens with zero attached hydrogens (tertiary/aromatic N) is 3. The van der Waals surface area contributed by atoms with Crippen molar-refractivity contribution in [1.82, 2.24) is 15.2 Å². The minimum atomic E-state index is -0.0944. The number of guanidine groups is 1. The summed E-state index contributed by atoms with van der Waals surface area (Å²) in [5.41, 5.74) is 1.19. The van der Waals surface area contributed by atoms with Crippen LogP contribution in [-0.4, -0.2) is 55.1 Å². The highest BCUT2D eigenvalue weighted by atomic mass is 16.5. The molecule has 1 aliphatic rings. The van der Waals surface area contributed by atoms with E-state index in [1.807, 2.05) is 19.2 Å². The first-order valence-electron chi connectivity index (χ1n) is 8.25. The van der Waals surface area contributed by atoms with Gasteiger partial charge in [-0.25, -0.2) is 0 Å². The van der Waals surface area contributed by atoms with E-state index in [9.17, 15) is 4.79 Å². The van der Waals surface area contributed by atoms with Gasteiger partial charge in [-0.15, -0.1) is 0 Å². The normalized spacial score (nSPS) is 18.6. The van der Waals surface area contributed by atoms with Crippen molar-refractivity contribution in [2.24, 2.45) is 10.9 Å². The van der Waals surface area contributed by atoms with Crippen LogP contribution in [0.15, 0.2) is 29.5 Å². The summed E-state index contributed by atoms with van der Waals surface area (Å²) >= 11 is 0. The number of aromatic nitrogens is 1. The Balaban J connectivity index is 1.84. The summed E-state index contributed by atoms with van der Waals surface area (Å²) in [5, 5.41) is 3.38. The van der Waals surface area contributed by atoms with Crippen LogP contribution in [0.3, 0.4) is 0 Å². The first kappa shape index (κ1) is 17.2.